The quantitative estimate of drug-likeness (QED) is 0.478. The number of nitrogens with zero attached hydrogens (tertiary/aromatic N) is 1. The molecule has 9 nitrogen and oxygen atoms in total. The van der Waals surface area contributed by atoms with Gasteiger partial charge in [-0.15, -0.1) is 0 Å². The van der Waals surface area contributed by atoms with Crippen LogP contribution in [0, 0.1) is 6.92 Å². The van der Waals surface area contributed by atoms with Gasteiger partial charge in [-0.1, -0.05) is 24.3 Å². The van der Waals surface area contributed by atoms with Crippen molar-refractivity contribution in [3.63, 3.8) is 0 Å². The Balaban J connectivity index is 1.66. The van der Waals surface area contributed by atoms with Gasteiger partial charge < -0.3 is 19.2 Å². The summed E-state index contributed by atoms with van der Waals surface area (Å²) in [5.74, 6) is 1.38. The number of anilines is 1. The first-order chi connectivity index (χ1) is 15.3. The molecule has 0 fully saturated rings. The van der Waals surface area contributed by atoms with Crippen LogP contribution in [0.1, 0.15) is 18.4 Å². The second-order valence-corrected chi connectivity index (χ2v) is 8.80. The van der Waals surface area contributed by atoms with Crippen molar-refractivity contribution in [2.75, 3.05) is 24.2 Å². The highest BCUT2D eigenvalue weighted by atomic mass is 32.2. The zero-order valence-corrected chi connectivity index (χ0v) is 18.9. The molecular formula is C22H25N3O6S. The fourth-order valence-electron chi connectivity index (χ4n) is 2.82. The van der Waals surface area contributed by atoms with Crippen molar-refractivity contribution in [3.05, 3.63) is 60.0 Å². The van der Waals surface area contributed by atoms with Crippen molar-refractivity contribution < 1.29 is 27.1 Å². The third kappa shape index (κ3) is 5.79. The predicted molar refractivity (Wildman–Crippen MR) is 120 cm³/mol. The highest BCUT2D eigenvalue weighted by Crippen LogP contribution is 2.29. The molecular weight excluding hydrogens is 434 g/mol. The Labute approximate surface area is 186 Å². The van der Waals surface area contributed by atoms with Crippen LogP contribution in [0.15, 0.2) is 52.9 Å². The van der Waals surface area contributed by atoms with Crippen molar-refractivity contribution in [2.45, 2.75) is 20.4 Å². The molecule has 0 saturated carbocycles. The number of carbonyl (C=O) groups is 1. The van der Waals surface area contributed by atoms with Gasteiger partial charge in [0.15, 0.2) is 18.1 Å². The van der Waals surface area contributed by atoms with Crippen LogP contribution in [-0.2, 0) is 21.4 Å². The van der Waals surface area contributed by atoms with Gasteiger partial charge in [0.2, 0.25) is 15.9 Å². The van der Waals surface area contributed by atoms with Gasteiger partial charge >= 0.3 is 0 Å². The Kier molecular flexibility index (Phi) is 7.37. The molecule has 0 spiro atoms. The smallest absolute Gasteiger partial charge is 0.258 e. The van der Waals surface area contributed by atoms with Crippen LogP contribution in [0.3, 0.4) is 0 Å². The summed E-state index contributed by atoms with van der Waals surface area (Å²) in [5.41, 5.74) is 1.40. The summed E-state index contributed by atoms with van der Waals surface area (Å²) in [6.45, 7) is 3.22. The van der Waals surface area contributed by atoms with Crippen LogP contribution < -0.4 is 19.5 Å². The Hall–Kier alpha value is -3.53. The number of rotatable bonds is 10. The van der Waals surface area contributed by atoms with Crippen molar-refractivity contribution in [2.24, 2.45) is 0 Å². The number of para-hydroxylation sites is 3. The number of hydrogen-bond acceptors (Lipinski definition) is 7. The summed E-state index contributed by atoms with van der Waals surface area (Å²) in [6, 6.07) is 13.9. The van der Waals surface area contributed by atoms with Crippen molar-refractivity contribution in [1.82, 2.24) is 10.3 Å². The summed E-state index contributed by atoms with van der Waals surface area (Å²) in [6.07, 6.45) is 0. The van der Waals surface area contributed by atoms with Gasteiger partial charge in [-0.05, 0) is 38.1 Å². The molecule has 2 aromatic carbocycles. The molecule has 0 aliphatic rings. The molecule has 10 heteroatoms. The van der Waals surface area contributed by atoms with E-state index in [1.54, 1.807) is 56.3 Å². The number of aryl methyl sites for hydroxylation is 1. The zero-order chi connectivity index (χ0) is 23.1. The molecule has 0 radical (unpaired) electrons. The van der Waals surface area contributed by atoms with Gasteiger partial charge in [0.1, 0.15) is 11.5 Å². The van der Waals surface area contributed by atoms with E-state index >= 15 is 0 Å². The Morgan fingerprint density at radius 3 is 2.50 bits per heavy atom. The number of oxazole rings is 1. The number of aromatic nitrogens is 1. The summed E-state index contributed by atoms with van der Waals surface area (Å²) in [4.78, 5) is 16.6. The number of ether oxygens (including phenoxy) is 2. The predicted octanol–water partition coefficient (Wildman–Crippen LogP) is 3.12. The SMILES string of the molecule is CCS(=O)(=O)Nc1ccccc1-c1nc(CNC(=O)COc2ccccc2OC)c(C)o1. The van der Waals surface area contributed by atoms with Crippen molar-refractivity contribution >= 4 is 21.6 Å². The topological polar surface area (TPSA) is 120 Å². The van der Waals surface area contributed by atoms with Gasteiger partial charge in [0.25, 0.3) is 5.91 Å². The van der Waals surface area contributed by atoms with E-state index in [4.69, 9.17) is 13.9 Å². The number of benzene rings is 2. The molecule has 0 atom stereocenters. The minimum Gasteiger partial charge on any atom is -0.493 e. The molecule has 0 unspecified atom stereocenters. The lowest BCUT2D eigenvalue weighted by Gasteiger charge is -2.10. The molecule has 1 aromatic heterocycles. The fourth-order valence-corrected chi connectivity index (χ4v) is 3.48. The monoisotopic (exact) mass is 459 g/mol. The third-order valence-electron chi connectivity index (χ3n) is 4.58. The Morgan fingerprint density at radius 1 is 1.09 bits per heavy atom. The highest BCUT2D eigenvalue weighted by Gasteiger charge is 2.17. The third-order valence-corrected chi connectivity index (χ3v) is 5.87. The summed E-state index contributed by atoms with van der Waals surface area (Å²) in [7, 11) is -1.94. The zero-order valence-electron chi connectivity index (χ0n) is 18.0. The van der Waals surface area contributed by atoms with E-state index < -0.39 is 10.0 Å². The molecule has 0 saturated heterocycles. The molecule has 0 aliphatic carbocycles. The average Bonchev–Trinajstić information content (AvgIpc) is 3.16. The molecule has 170 valence electrons. The molecule has 3 aromatic rings. The van der Waals surface area contributed by atoms with Crippen molar-refractivity contribution in [3.8, 4) is 23.0 Å². The number of hydrogen-bond donors (Lipinski definition) is 2. The molecule has 2 N–H and O–H groups in total. The number of amides is 1. The first-order valence-corrected chi connectivity index (χ1v) is 11.6. The van der Waals surface area contributed by atoms with E-state index in [2.05, 4.69) is 15.0 Å². The molecule has 1 amide bonds. The van der Waals surface area contributed by atoms with Crippen molar-refractivity contribution in [1.29, 1.82) is 0 Å². The van der Waals surface area contributed by atoms with E-state index in [9.17, 15) is 13.2 Å². The van der Waals surface area contributed by atoms with E-state index in [-0.39, 0.29) is 30.7 Å². The molecule has 1 heterocycles. The maximum Gasteiger partial charge on any atom is 0.258 e. The van der Waals surface area contributed by atoms with Gasteiger partial charge in [-0.3, -0.25) is 9.52 Å². The lowest BCUT2D eigenvalue weighted by molar-refractivity contribution is -0.123. The van der Waals surface area contributed by atoms with Gasteiger partial charge in [0.05, 0.1) is 30.7 Å². The van der Waals surface area contributed by atoms with E-state index in [1.165, 1.54) is 7.11 Å². The maximum atomic E-state index is 12.2. The number of methoxy groups -OCH3 is 1. The fraction of sp³-hybridized carbons (Fsp3) is 0.273. The molecule has 3 rings (SSSR count). The lowest BCUT2D eigenvalue weighted by atomic mass is 10.2. The second kappa shape index (κ2) is 10.2. The van der Waals surface area contributed by atoms with Crippen LogP contribution in [0.5, 0.6) is 11.5 Å². The minimum atomic E-state index is -3.46. The van der Waals surface area contributed by atoms with Crippen LogP contribution >= 0.6 is 0 Å². The van der Waals surface area contributed by atoms with Crippen LogP contribution in [0.4, 0.5) is 5.69 Å². The summed E-state index contributed by atoms with van der Waals surface area (Å²) < 4.78 is 42.9. The second-order valence-electron chi connectivity index (χ2n) is 6.79. The number of nitrogens with one attached hydrogen (secondary N) is 2. The average molecular weight is 460 g/mol. The van der Waals surface area contributed by atoms with E-state index in [1.807, 2.05) is 6.07 Å². The molecule has 0 aliphatic heterocycles. The standard InChI is InChI=1S/C22H25N3O6S/c1-4-32(27,28)25-17-10-6-5-9-16(17)22-24-18(15(2)31-22)13-23-21(26)14-30-20-12-8-7-11-19(20)29-3/h5-12,25H,4,13-14H2,1-3H3,(H,23,26). The summed E-state index contributed by atoms with van der Waals surface area (Å²) in [5, 5.41) is 2.74. The number of sulfonamides is 1. The molecule has 32 heavy (non-hydrogen) atoms. The van der Waals surface area contributed by atoms with Crippen LogP contribution in [0.25, 0.3) is 11.5 Å². The lowest BCUT2D eigenvalue weighted by Crippen LogP contribution is -2.28. The molecule has 0 bridgehead atoms. The first kappa shape index (κ1) is 23.1. The maximum absolute atomic E-state index is 12.2. The Morgan fingerprint density at radius 2 is 1.78 bits per heavy atom. The van der Waals surface area contributed by atoms with E-state index in [0.29, 0.717) is 34.2 Å². The van der Waals surface area contributed by atoms with Crippen LogP contribution in [0.2, 0.25) is 0 Å². The van der Waals surface area contributed by atoms with Gasteiger partial charge in [0, 0.05) is 0 Å². The van der Waals surface area contributed by atoms with E-state index in [0.717, 1.165) is 0 Å². The van der Waals surface area contributed by atoms with Gasteiger partial charge in [-0.25, -0.2) is 13.4 Å². The summed E-state index contributed by atoms with van der Waals surface area (Å²) >= 11 is 0. The van der Waals surface area contributed by atoms with Gasteiger partial charge in [-0.2, -0.15) is 0 Å². The first-order valence-electron chi connectivity index (χ1n) is 9.91. The normalized spacial score (nSPS) is 11.1. The highest BCUT2D eigenvalue weighted by molar-refractivity contribution is 7.92. The number of carbonyl (C=O) groups excluding carboxylic acids is 1. The Bertz CT molecular complexity index is 1190. The van der Waals surface area contributed by atoms with Crippen LogP contribution in [-0.4, -0.2) is 38.8 Å². The minimum absolute atomic E-state index is 0.0554. The largest absolute Gasteiger partial charge is 0.493 e.